The predicted molar refractivity (Wildman–Crippen MR) is 259 cm³/mol. The summed E-state index contributed by atoms with van der Waals surface area (Å²) < 4.78 is 32.2. The Morgan fingerprint density at radius 1 is 0.809 bits per heavy atom. The van der Waals surface area contributed by atoms with Crippen LogP contribution in [0.3, 0.4) is 0 Å². The van der Waals surface area contributed by atoms with E-state index >= 15 is 0 Å². The molecule has 0 saturated heterocycles. The molecule has 1 aliphatic carbocycles. The first kappa shape index (κ1) is 48.9. The van der Waals surface area contributed by atoms with Crippen molar-refractivity contribution in [2.24, 2.45) is 11.8 Å². The number of esters is 2. The van der Waals surface area contributed by atoms with Crippen molar-refractivity contribution in [1.82, 2.24) is 0 Å². The zero-order valence-corrected chi connectivity index (χ0v) is 39.7. The number of carbonyl (C=O) groups is 2. The van der Waals surface area contributed by atoms with E-state index in [0.717, 1.165) is 61.6 Å². The van der Waals surface area contributed by atoms with Gasteiger partial charge in [0.15, 0.2) is 12.2 Å². The lowest BCUT2D eigenvalue weighted by atomic mass is 9.71. The summed E-state index contributed by atoms with van der Waals surface area (Å²) in [5.74, 6) is -1.61. The SMILES string of the molecule is CC(C)=C1CCc2ccc(cc2)CC(CCc2cccc(Cc3ccccc3)c2)CC(=O)OC2c3c(ccc4c(CO)c(C(CCO)COCO)c(=O)oc34)OC(C)(C3CCCCC3)C2OC1=O. The van der Waals surface area contributed by atoms with Crippen LogP contribution >= 0.6 is 0 Å². The number of ether oxygens (including phenoxy) is 4. The number of aliphatic hydroxyl groups is 3. The maximum absolute atomic E-state index is 15.0. The molecular weight excluding hydrogens is 861 g/mol. The number of carbonyl (C=O) groups excluding carboxylic acids is 2. The second-order valence-corrected chi connectivity index (χ2v) is 19.5. The minimum atomic E-state index is -1.27. The molecule has 0 spiro atoms. The lowest BCUT2D eigenvalue weighted by Crippen LogP contribution is -2.58. The zero-order valence-electron chi connectivity index (χ0n) is 39.7. The van der Waals surface area contributed by atoms with Gasteiger partial charge in [-0.15, -0.1) is 0 Å². The number of allylic oxidation sites excluding steroid dienone is 1. The molecule has 3 N–H and O–H groups in total. The van der Waals surface area contributed by atoms with Gasteiger partial charge in [0.1, 0.15) is 23.7 Å². The Hall–Kier alpha value is -5.59. The van der Waals surface area contributed by atoms with Gasteiger partial charge in [0.05, 0.1) is 18.8 Å². The quantitative estimate of drug-likeness (QED) is 0.0446. The molecule has 68 heavy (non-hydrogen) atoms. The van der Waals surface area contributed by atoms with Crippen LogP contribution in [0.1, 0.15) is 135 Å². The molecule has 9 rings (SSSR count). The average Bonchev–Trinajstić information content (AvgIpc) is 3.33. The molecule has 1 fully saturated rings. The molecule has 3 aliphatic heterocycles. The number of rotatable bonds is 13. The second kappa shape index (κ2) is 22.2. The molecule has 4 aliphatic rings. The lowest BCUT2D eigenvalue weighted by Gasteiger charge is -2.50. The molecule has 11 nitrogen and oxygen atoms in total. The smallest absolute Gasteiger partial charge is 0.340 e. The fourth-order valence-electron chi connectivity index (χ4n) is 11.0. The fourth-order valence-corrected chi connectivity index (χ4v) is 11.0. The topological polar surface area (TPSA) is 162 Å². The monoisotopic (exact) mass is 926 g/mol. The third-order valence-electron chi connectivity index (χ3n) is 14.6. The molecule has 1 aromatic heterocycles. The first-order valence-corrected chi connectivity index (χ1v) is 24.5. The third-order valence-corrected chi connectivity index (χ3v) is 14.6. The summed E-state index contributed by atoms with van der Waals surface area (Å²) in [4.78, 5) is 44.0. The molecule has 11 heteroatoms. The van der Waals surface area contributed by atoms with E-state index in [0.29, 0.717) is 42.4 Å². The molecule has 5 atom stereocenters. The van der Waals surface area contributed by atoms with Crippen molar-refractivity contribution in [2.45, 2.75) is 135 Å². The van der Waals surface area contributed by atoms with Gasteiger partial charge in [-0.05, 0) is 130 Å². The Morgan fingerprint density at radius 2 is 1.54 bits per heavy atom. The van der Waals surface area contributed by atoms with Crippen LogP contribution < -0.4 is 10.4 Å². The number of hydrogen-bond donors (Lipinski definition) is 3. The van der Waals surface area contributed by atoms with Gasteiger partial charge in [-0.25, -0.2) is 9.59 Å². The van der Waals surface area contributed by atoms with Gasteiger partial charge in [0, 0.05) is 41.4 Å². The Morgan fingerprint density at radius 3 is 2.26 bits per heavy atom. The molecule has 4 heterocycles. The van der Waals surface area contributed by atoms with Crippen LogP contribution in [0.5, 0.6) is 5.75 Å². The summed E-state index contributed by atoms with van der Waals surface area (Å²) in [7, 11) is 0. The Kier molecular flexibility index (Phi) is 16.0. The highest BCUT2D eigenvalue weighted by atomic mass is 16.6. The summed E-state index contributed by atoms with van der Waals surface area (Å²) in [6.45, 7) is 4.18. The highest BCUT2D eigenvalue weighted by molar-refractivity contribution is 5.90. The average molecular weight is 927 g/mol. The number of hydrogen-bond acceptors (Lipinski definition) is 11. The van der Waals surface area contributed by atoms with Crippen LogP contribution in [-0.2, 0) is 56.1 Å². The maximum atomic E-state index is 15.0. The van der Waals surface area contributed by atoms with E-state index in [4.69, 9.17) is 23.4 Å². The minimum absolute atomic E-state index is 0.0407. The molecule has 4 aromatic carbocycles. The van der Waals surface area contributed by atoms with Gasteiger partial charge in [0.2, 0.25) is 0 Å². The summed E-state index contributed by atoms with van der Waals surface area (Å²) in [6.07, 6.45) is 6.28. The molecule has 1 saturated carbocycles. The molecule has 5 aromatic rings. The van der Waals surface area contributed by atoms with Crippen molar-refractivity contribution in [3.05, 3.63) is 157 Å². The van der Waals surface area contributed by atoms with E-state index < -0.39 is 54.7 Å². The first-order chi connectivity index (χ1) is 33.0. The lowest BCUT2D eigenvalue weighted by molar-refractivity contribution is -0.201. The van der Waals surface area contributed by atoms with Crippen LogP contribution in [0.4, 0.5) is 0 Å². The van der Waals surface area contributed by atoms with Gasteiger partial charge in [0.25, 0.3) is 0 Å². The Balaban J connectivity index is 1.23. The standard InChI is InChI=1S/C57H66O11/c1-36(2)45-24-23-37-17-19-40(20-18-37)31-42(22-21-39-13-10-14-41(30-39)29-38-11-6-4-7-12-38)32-49(61)65-53-51-48(68-57(3,54(53)67-55(45)62)44-15-8-5-9-16-44)26-25-46-47(33-59)50(56(63)66-52(46)51)43(27-28-58)34-64-35-60/h4,6-7,10-14,17-20,25-26,30,42-44,53-54,58-60H,5,8-9,15-16,21-24,27-29,31-35H2,1-3H3. The summed E-state index contributed by atoms with van der Waals surface area (Å²) in [6, 6.07) is 30.9. The second-order valence-electron chi connectivity index (χ2n) is 19.5. The van der Waals surface area contributed by atoms with E-state index in [1.807, 2.05) is 26.8 Å². The molecule has 0 amide bonds. The van der Waals surface area contributed by atoms with Gasteiger partial charge in [-0.1, -0.05) is 104 Å². The first-order valence-electron chi connectivity index (χ1n) is 24.5. The molecule has 2 bridgehead atoms. The van der Waals surface area contributed by atoms with Crippen LogP contribution in [-0.4, -0.2) is 59.0 Å². The summed E-state index contributed by atoms with van der Waals surface area (Å²) in [5.41, 5.74) is 5.85. The van der Waals surface area contributed by atoms with Crippen molar-refractivity contribution in [1.29, 1.82) is 0 Å². The van der Waals surface area contributed by atoms with Crippen LogP contribution in [0.2, 0.25) is 0 Å². The zero-order chi connectivity index (χ0) is 47.8. The largest absolute Gasteiger partial charge is 0.483 e. The van der Waals surface area contributed by atoms with Crippen LogP contribution in [0.25, 0.3) is 11.0 Å². The number of aryl methyl sites for hydroxylation is 2. The van der Waals surface area contributed by atoms with Crippen molar-refractivity contribution in [2.75, 3.05) is 20.0 Å². The normalized spacial score (nSPS) is 21.9. The minimum Gasteiger partial charge on any atom is -0.483 e. The Bertz CT molecular complexity index is 2620. The van der Waals surface area contributed by atoms with E-state index in [-0.39, 0.29) is 60.2 Å². The molecule has 360 valence electrons. The number of aliphatic hydroxyl groups excluding tert-OH is 3. The third kappa shape index (κ3) is 11.0. The van der Waals surface area contributed by atoms with Crippen molar-refractivity contribution in [3.63, 3.8) is 0 Å². The van der Waals surface area contributed by atoms with E-state index in [2.05, 4.69) is 72.8 Å². The van der Waals surface area contributed by atoms with Crippen LogP contribution in [0, 0.1) is 11.8 Å². The molecule has 0 radical (unpaired) electrons. The van der Waals surface area contributed by atoms with Crippen LogP contribution in [0.15, 0.2) is 111 Å². The van der Waals surface area contributed by atoms with Gasteiger partial charge in [-0.2, -0.15) is 0 Å². The maximum Gasteiger partial charge on any atom is 0.340 e. The van der Waals surface area contributed by atoms with Crippen molar-refractivity contribution >= 4 is 22.9 Å². The molecule has 5 unspecified atom stereocenters. The fraction of sp³-hybridized carbons (Fsp3) is 0.456. The van der Waals surface area contributed by atoms with Crippen molar-refractivity contribution in [3.8, 4) is 5.75 Å². The van der Waals surface area contributed by atoms with Gasteiger partial charge in [-0.3, -0.25) is 4.79 Å². The predicted octanol–water partition coefficient (Wildman–Crippen LogP) is 9.70. The Labute approximate surface area is 399 Å². The van der Waals surface area contributed by atoms with E-state index in [1.165, 1.54) is 16.7 Å². The molecular formula is C57H66O11. The number of fused-ring (bicyclic) bond motifs is 13. The van der Waals surface area contributed by atoms with E-state index in [9.17, 15) is 29.7 Å². The summed E-state index contributed by atoms with van der Waals surface area (Å²) >= 11 is 0. The van der Waals surface area contributed by atoms with Gasteiger partial charge >= 0.3 is 17.6 Å². The highest BCUT2D eigenvalue weighted by Gasteiger charge is 2.56. The highest BCUT2D eigenvalue weighted by Crippen LogP contribution is 2.52. The van der Waals surface area contributed by atoms with Gasteiger partial charge < -0.3 is 38.7 Å². The number of benzene rings is 4. The summed E-state index contributed by atoms with van der Waals surface area (Å²) in [5, 5.41) is 30.8. The van der Waals surface area contributed by atoms with E-state index in [1.54, 1.807) is 12.1 Å². The van der Waals surface area contributed by atoms with Crippen molar-refractivity contribution < 1.29 is 48.3 Å².